The monoisotopic (exact) mass is 238 g/mol. The Bertz CT molecular complexity index is 386. The van der Waals surface area contributed by atoms with Gasteiger partial charge >= 0.3 is 0 Å². The minimum absolute atomic E-state index is 0.101. The lowest BCUT2D eigenvalue weighted by Crippen LogP contribution is -2.35. The lowest BCUT2D eigenvalue weighted by Gasteiger charge is -2.23. The number of hydrogen-bond acceptors (Lipinski definition) is 3. The fraction of sp³-hybridized carbons (Fsp3) is 0.667. The van der Waals surface area contributed by atoms with Crippen LogP contribution in [0, 0.1) is 0 Å². The van der Waals surface area contributed by atoms with E-state index in [1.165, 1.54) is 0 Å². The largest absolute Gasteiger partial charge is 0.396 e. The summed E-state index contributed by atoms with van der Waals surface area (Å²) in [5, 5.41) is 4.19. The van der Waals surface area contributed by atoms with Gasteiger partial charge in [-0.3, -0.25) is 9.48 Å². The van der Waals surface area contributed by atoms with E-state index in [1.54, 1.807) is 22.8 Å². The Hall–Kier alpha value is -1.52. The van der Waals surface area contributed by atoms with E-state index in [1.807, 2.05) is 13.8 Å². The molecule has 1 rings (SSSR count). The zero-order valence-corrected chi connectivity index (χ0v) is 11.1. The third-order valence-corrected chi connectivity index (χ3v) is 3.00. The number of aromatic nitrogens is 2. The van der Waals surface area contributed by atoms with Gasteiger partial charge in [0.1, 0.15) is 0 Å². The summed E-state index contributed by atoms with van der Waals surface area (Å²) in [6.07, 6.45) is 3.74. The minimum atomic E-state index is -0.101. The van der Waals surface area contributed by atoms with Crippen LogP contribution in [-0.4, -0.2) is 33.7 Å². The van der Waals surface area contributed by atoms with Crippen molar-refractivity contribution in [2.45, 2.75) is 46.2 Å². The number of hydrogen-bond donors (Lipinski definition) is 1. The molecule has 1 amide bonds. The van der Waals surface area contributed by atoms with Gasteiger partial charge in [-0.15, -0.1) is 0 Å². The number of amides is 1. The van der Waals surface area contributed by atoms with E-state index in [2.05, 4.69) is 12.0 Å². The average molecular weight is 238 g/mol. The summed E-state index contributed by atoms with van der Waals surface area (Å²) in [6, 6.07) is 0.207. The average Bonchev–Trinajstić information content (AvgIpc) is 2.69. The Morgan fingerprint density at radius 1 is 1.59 bits per heavy atom. The molecule has 1 heterocycles. The lowest BCUT2D eigenvalue weighted by atomic mass is 10.1. The van der Waals surface area contributed by atoms with Crippen LogP contribution in [0.15, 0.2) is 6.20 Å². The number of nitrogens with two attached hydrogens (primary N) is 1. The molecule has 0 radical (unpaired) electrons. The van der Waals surface area contributed by atoms with E-state index in [9.17, 15) is 4.79 Å². The highest BCUT2D eigenvalue weighted by Gasteiger charge is 2.21. The summed E-state index contributed by atoms with van der Waals surface area (Å²) in [7, 11) is 1.80. The van der Waals surface area contributed by atoms with E-state index < -0.39 is 0 Å². The lowest BCUT2D eigenvalue weighted by molar-refractivity contribution is 0.0731. The summed E-state index contributed by atoms with van der Waals surface area (Å²) in [5.74, 6) is -0.101. The van der Waals surface area contributed by atoms with Crippen LogP contribution in [0.5, 0.6) is 0 Å². The van der Waals surface area contributed by atoms with Gasteiger partial charge in [0.25, 0.3) is 5.91 Å². The SMILES string of the molecule is CCCC(C)N(C)C(=O)c1nn(CC)cc1N. The molecule has 1 atom stereocenters. The molecule has 96 valence electrons. The molecule has 0 fully saturated rings. The van der Waals surface area contributed by atoms with Crippen LogP contribution in [0.25, 0.3) is 0 Å². The first kappa shape index (κ1) is 13.5. The van der Waals surface area contributed by atoms with E-state index in [-0.39, 0.29) is 11.9 Å². The van der Waals surface area contributed by atoms with Crippen LogP contribution >= 0.6 is 0 Å². The molecule has 0 spiro atoms. The van der Waals surface area contributed by atoms with Gasteiger partial charge in [0.2, 0.25) is 0 Å². The zero-order chi connectivity index (χ0) is 13.0. The van der Waals surface area contributed by atoms with Crippen LogP contribution < -0.4 is 5.73 Å². The highest BCUT2D eigenvalue weighted by Crippen LogP contribution is 2.14. The van der Waals surface area contributed by atoms with E-state index in [4.69, 9.17) is 5.73 Å². The molecule has 0 saturated heterocycles. The summed E-state index contributed by atoms with van der Waals surface area (Å²) in [5.41, 5.74) is 6.61. The Morgan fingerprint density at radius 3 is 2.71 bits per heavy atom. The van der Waals surface area contributed by atoms with Gasteiger partial charge in [0.15, 0.2) is 5.69 Å². The number of aryl methyl sites for hydroxylation is 1. The fourth-order valence-corrected chi connectivity index (χ4v) is 1.74. The minimum Gasteiger partial charge on any atom is -0.396 e. The molecular weight excluding hydrogens is 216 g/mol. The number of carbonyl (C=O) groups excluding carboxylic acids is 1. The number of carbonyl (C=O) groups is 1. The Morgan fingerprint density at radius 2 is 2.24 bits per heavy atom. The van der Waals surface area contributed by atoms with E-state index in [0.29, 0.717) is 17.9 Å². The maximum atomic E-state index is 12.2. The van der Waals surface area contributed by atoms with Crippen molar-refractivity contribution in [3.05, 3.63) is 11.9 Å². The molecule has 0 aliphatic carbocycles. The Balaban J connectivity index is 2.84. The number of rotatable bonds is 5. The first-order chi connectivity index (χ1) is 8.01. The summed E-state index contributed by atoms with van der Waals surface area (Å²) < 4.78 is 1.68. The van der Waals surface area contributed by atoms with Crippen molar-refractivity contribution in [1.82, 2.24) is 14.7 Å². The van der Waals surface area contributed by atoms with Gasteiger partial charge in [-0.2, -0.15) is 5.10 Å². The molecule has 17 heavy (non-hydrogen) atoms. The smallest absolute Gasteiger partial charge is 0.276 e. The van der Waals surface area contributed by atoms with Gasteiger partial charge in [-0.05, 0) is 20.3 Å². The maximum Gasteiger partial charge on any atom is 0.276 e. The second-order valence-electron chi connectivity index (χ2n) is 4.34. The molecule has 0 aliphatic rings. The van der Waals surface area contributed by atoms with Crippen molar-refractivity contribution in [1.29, 1.82) is 0 Å². The molecule has 1 unspecified atom stereocenters. The highest BCUT2D eigenvalue weighted by molar-refractivity contribution is 5.97. The molecular formula is C12H22N4O. The topological polar surface area (TPSA) is 64.2 Å². The molecule has 0 aliphatic heterocycles. The molecule has 5 nitrogen and oxygen atoms in total. The second-order valence-corrected chi connectivity index (χ2v) is 4.34. The van der Waals surface area contributed by atoms with Gasteiger partial charge in [0.05, 0.1) is 5.69 Å². The van der Waals surface area contributed by atoms with Crippen LogP contribution in [0.4, 0.5) is 5.69 Å². The van der Waals surface area contributed by atoms with Gasteiger partial charge in [-0.1, -0.05) is 13.3 Å². The summed E-state index contributed by atoms with van der Waals surface area (Å²) in [6.45, 7) is 6.82. The fourth-order valence-electron chi connectivity index (χ4n) is 1.74. The van der Waals surface area contributed by atoms with Crippen molar-refractivity contribution in [3.8, 4) is 0 Å². The predicted octanol–water partition coefficient (Wildman–Crippen LogP) is 1.75. The number of anilines is 1. The van der Waals surface area contributed by atoms with Crippen molar-refractivity contribution >= 4 is 11.6 Å². The molecule has 5 heteroatoms. The molecule has 1 aromatic heterocycles. The third kappa shape index (κ3) is 2.99. The van der Waals surface area contributed by atoms with Gasteiger partial charge < -0.3 is 10.6 Å². The van der Waals surface area contributed by atoms with E-state index in [0.717, 1.165) is 12.8 Å². The number of nitrogen functional groups attached to an aromatic ring is 1. The molecule has 0 bridgehead atoms. The van der Waals surface area contributed by atoms with Crippen LogP contribution in [-0.2, 0) is 6.54 Å². The standard InChI is InChI=1S/C12H22N4O/c1-5-7-9(3)15(4)12(17)11-10(13)8-16(6-2)14-11/h8-9H,5-7,13H2,1-4H3. The Labute approximate surface area is 103 Å². The van der Waals surface area contributed by atoms with Crippen LogP contribution in [0.3, 0.4) is 0 Å². The summed E-state index contributed by atoms with van der Waals surface area (Å²) in [4.78, 5) is 13.9. The summed E-state index contributed by atoms with van der Waals surface area (Å²) >= 11 is 0. The molecule has 2 N–H and O–H groups in total. The van der Waals surface area contributed by atoms with Crippen LogP contribution in [0.2, 0.25) is 0 Å². The van der Waals surface area contributed by atoms with Crippen molar-refractivity contribution in [2.24, 2.45) is 0 Å². The van der Waals surface area contributed by atoms with Crippen molar-refractivity contribution < 1.29 is 4.79 Å². The van der Waals surface area contributed by atoms with Crippen molar-refractivity contribution in [3.63, 3.8) is 0 Å². The predicted molar refractivity (Wildman–Crippen MR) is 68.8 cm³/mol. The molecule has 0 saturated carbocycles. The maximum absolute atomic E-state index is 12.2. The van der Waals surface area contributed by atoms with Crippen molar-refractivity contribution in [2.75, 3.05) is 12.8 Å². The quantitative estimate of drug-likeness (QED) is 0.850. The highest BCUT2D eigenvalue weighted by atomic mass is 16.2. The normalized spacial score (nSPS) is 12.5. The first-order valence-corrected chi connectivity index (χ1v) is 6.11. The van der Waals surface area contributed by atoms with Gasteiger partial charge in [-0.25, -0.2) is 0 Å². The van der Waals surface area contributed by atoms with E-state index >= 15 is 0 Å². The molecule has 1 aromatic rings. The van der Waals surface area contributed by atoms with Gasteiger partial charge in [0, 0.05) is 25.8 Å². The third-order valence-electron chi connectivity index (χ3n) is 3.00. The Kier molecular flexibility index (Phi) is 4.54. The number of nitrogens with zero attached hydrogens (tertiary/aromatic N) is 3. The first-order valence-electron chi connectivity index (χ1n) is 6.11. The zero-order valence-electron chi connectivity index (χ0n) is 11.1. The second kappa shape index (κ2) is 5.70. The van der Waals surface area contributed by atoms with Crippen LogP contribution in [0.1, 0.15) is 44.1 Å². The molecule has 0 aromatic carbocycles.